The lowest BCUT2D eigenvalue weighted by Crippen LogP contribution is -2.44. The lowest BCUT2D eigenvalue weighted by Gasteiger charge is -2.31. The largest absolute Gasteiger partial charge is 0.338 e. The van der Waals surface area contributed by atoms with Gasteiger partial charge in [0, 0.05) is 38.0 Å². The zero-order valence-corrected chi connectivity index (χ0v) is 20.6. The zero-order chi connectivity index (χ0) is 23.4. The number of carbonyl (C=O) groups excluding carboxylic acids is 2. The maximum Gasteiger partial charge on any atom is 0.317 e. The molecule has 2 aliphatic rings. The maximum atomic E-state index is 12.7. The normalized spacial score (nSPS) is 17.1. The summed E-state index contributed by atoms with van der Waals surface area (Å²) in [6.45, 7) is 5.96. The SMILES string of the molecule is Cc1nn(C)c(C)c1NC(=O)c1csc(C2CCN(C(=O)NCCC3=CCCCC3)CC2)n1. The molecule has 0 atom stereocenters. The van der Waals surface area contributed by atoms with Gasteiger partial charge in [0.05, 0.1) is 22.1 Å². The molecule has 0 unspecified atom stereocenters. The molecule has 0 bridgehead atoms. The van der Waals surface area contributed by atoms with Gasteiger partial charge in [-0.1, -0.05) is 11.6 Å². The summed E-state index contributed by atoms with van der Waals surface area (Å²) in [5.41, 5.74) is 4.38. The standard InChI is InChI=1S/C24H34N6O2S/c1-16-21(17(2)29(3)28-16)27-22(31)20-15-33-23(26-20)19-10-13-30(14-11-19)24(32)25-12-9-18-7-5-4-6-8-18/h7,15,19H,4-6,8-14H2,1-3H3,(H,25,32)(H,27,31). The minimum atomic E-state index is -0.207. The number of carbonyl (C=O) groups is 2. The molecule has 8 nitrogen and oxygen atoms in total. The number of nitrogens with zero attached hydrogens (tertiary/aromatic N) is 4. The molecule has 0 radical (unpaired) electrons. The molecule has 3 amide bonds. The predicted octanol–water partition coefficient (Wildman–Crippen LogP) is 4.53. The summed E-state index contributed by atoms with van der Waals surface area (Å²) in [4.78, 5) is 31.8. The molecule has 178 valence electrons. The van der Waals surface area contributed by atoms with Crippen molar-refractivity contribution in [2.45, 2.75) is 64.7 Å². The monoisotopic (exact) mass is 470 g/mol. The molecule has 0 aromatic carbocycles. The molecule has 9 heteroatoms. The van der Waals surface area contributed by atoms with Crippen LogP contribution in [0.3, 0.4) is 0 Å². The lowest BCUT2D eigenvalue weighted by atomic mass is 9.97. The Morgan fingerprint density at radius 1 is 1.21 bits per heavy atom. The minimum absolute atomic E-state index is 0.0336. The molecule has 0 saturated carbocycles. The first-order valence-corrected chi connectivity index (χ1v) is 12.8. The number of rotatable bonds is 6. The maximum absolute atomic E-state index is 12.7. The van der Waals surface area contributed by atoms with E-state index in [2.05, 4.69) is 26.8 Å². The number of aryl methyl sites for hydroxylation is 2. The number of hydrogen-bond donors (Lipinski definition) is 2. The number of allylic oxidation sites excluding steroid dienone is 1. The van der Waals surface area contributed by atoms with Crippen molar-refractivity contribution in [3.8, 4) is 0 Å². The van der Waals surface area contributed by atoms with Crippen LogP contribution >= 0.6 is 11.3 Å². The van der Waals surface area contributed by atoms with E-state index in [1.54, 1.807) is 4.68 Å². The van der Waals surface area contributed by atoms with Gasteiger partial charge in [0.1, 0.15) is 5.69 Å². The van der Waals surface area contributed by atoms with Crippen LogP contribution in [0.25, 0.3) is 0 Å². The molecule has 2 aromatic rings. The van der Waals surface area contributed by atoms with Gasteiger partial charge in [-0.2, -0.15) is 5.10 Å². The summed E-state index contributed by atoms with van der Waals surface area (Å²) in [5.74, 6) is 0.0800. The van der Waals surface area contributed by atoms with Crippen LogP contribution in [0.5, 0.6) is 0 Å². The predicted molar refractivity (Wildman–Crippen MR) is 131 cm³/mol. The number of thiazole rings is 1. The van der Waals surface area contributed by atoms with Crippen molar-refractivity contribution in [1.29, 1.82) is 0 Å². The van der Waals surface area contributed by atoms with E-state index in [0.29, 0.717) is 25.3 Å². The number of nitrogens with one attached hydrogen (secondary N) is 2. The highest BCUT2D eigenvalue weighted by atomic mass is 32.1. The van der Waals surface area contributed by atoms with E-state index in [4.69, 9.17) is 0 Å². The molecule has 1 saturated heterocycles. The van der Waals surface area contributed by atoms with E-state index in [0.717, 1.165) is 41.3 Å². The van der Waals surface area contributed by atoms with Gasteiger partial charge in [-0.3, -0.25) is 9.48 Å². The van der Waals surface area contributed by atoms with E-state index >= 15 is 0 Å². The van der Waals surface area contributed by atoms with Crippen LogP contribution in [0.1, 0.15) is 77.7 Å². The molecule has 1 fully saturated rings. The van der Waals surface area contributed by atoms with Gasteiger partial charge < -0.3 is 15.5 Å². The molecule has 2 aromatic heterocycles. The van der Waals surface area contributed by atoms with Gasteiger partial charge in [-0.25, -0.2) is 9.78 Å². The highest BCUT2D eigenvalue weighted by molar-refractivity contribution is 7.10. The highest BCUT2D eigenvalue weighted by Crippen LogP contribution is 2.31. The Hall–Kier alpha value is -2.68. The van der Waals surface area contributed by atoms with Gasteiger partial charge in [0.2, 0.25) is 0 Å². The number of hydrogen-bond acceptors (Lipinski definition) is 5. The van der Waals surface area contributed by atoms with Crippen LogP contribution in [0.2, 0.25) is 0 Å². The summed E-state index contributed by atoms with van der Waals surface area (Å²) in [6.07, 6.45) is 9.96. The summed E-state index contributed by atoms with van der Waals surface area (Å²) in [5, 5.41) is 13.2. The summed E-state index contributed by atoms with van der Waals surface area (Å²) in [6, 6.07) is 0.0336. The number of aromatic nitrogens is 3. The molecule has 0 spiro atoms. The smallest absolute Gasteiger partial charge is 0.317 e. The molecule has 1 aliphatic carbocycles. The van der Waals surface area contributed by atoms with Crippen LogP contribution in [-0.2, 0) is 7.05 Å². The molecule has 3 heterocycles. The Morgan fingerprint density at radius 2 is 2.00 bits per heavy atom. The zero-order valence-electron chi connectivity index (χ0n) is 19.8. The average molecular weight is 471 g/mol. The van der Waals surface area contributed by atoms with Crippen LogP contribution in [0.4, 0.5) is 10.5 Å². The number of amides is 3. The van der Waals surface area contributed by atoms with E-state index < -0.39 is 0 Å². The third-order valence-electron chi connectivity index (χ3n) is 6.74. The highest BCUT2D eigenvalue weighted by Gasteiger charge is 2.26. The van der Waals surface area contributed by atoms with Crippen LogP contribution in [0, 0.1) is 13.8 Å². The van der Waals surface area contributed by atoms with Gasteiger partial charge in [0.25, 0.3) is 5.91 Å². The number of piperidine rings is 1. The van der Waals surface area contributed by atoms with Crippen molar-refractivity contribution in [3.63, 3.8) is 0 Å². The second-order valence-corrected chi connectivity index (χ2v) is 9.94. The Kier molecular flexibility index (Phi) is 7.47. The summed E-state index contributed by atoms with van der Waals surface area (Å²) in [7, 11) is 1.86. The van der Waals surface area contributed by atoms with Crippen molar-refractivity contribution < 1.29 is 9.59 Å². The summed E-state index contributed by atoms with van der Waals surface area (Å²) >= 11 is 1.53. The summed E-state index contributed by atoms with van der Waals surface area (Å²) < 4.78 is 1.76. The van der Waals surface area contributed by atoms with E-state index in [1.807, 2.05) is 31.2 Å². The first-order chi connectivity index (χ1) is 15.9. The second-order valence-electron chi connectivity index (χ2n) is 9.05. The third-order valence-corrected chi connectivity index (χ3v) is 7.75. The fourth-order valence-corrected chi connectivity index (χ4v) is 5.59. The molecule has 1 aliphatic heterocycles. The minimum Gasteiger partial charge on any atom is -0.338 e. The van der Waals surface area contributed by atoms with E-state index in [9.17, 15) is 9.59 Å². The Morgan fingerprint density at radius 3 is 2.67 bits per heavy atom. The van der Waals surface area contributed by atoms with E-state index in [1.165, 1.54) is 42.6 Å². The molecule has 33 heavy (non-hydrogen) atoms. The van der Waals surface area contributed by atoms with Crippen LogP contribution in [0.15, 0.2) is 17.0 Å². The van der Waals surface area contributed by atoms with Crippen LogP contribution in [-0.4, -0.2) is 51.2 Å². The Bertz CT molecular complexity index is 1030. The van der Waals surface area contributed by atoms with Crippen molar-refractivity contribution >= 4 is 29.0 Å². The fourth-order valence-electron chi connectivity index (χ4n) is 4.61. The second kappa shape index (κ2) is 10.5. The average Bonchev–Trinajstić information content (AvgIpc) is 3.41. The van der Waals surface area contributed by atoms with E-state index in [-0.39, 0.29) is 17.9 Å². The van der Waals surface area contributed by atoms with Crippen molar-refractivity contribution in [2.24, 2.45) is 7.05 Å². The quantitative estimate of drug-likeness (QED) is 0.607. The van der Waals surface area contributed by atoms with Gasteiger partial charge in [0.15, 0.2) is 0 Å². The molecule has 4 rings (SSSR count). The third kappa shape index (κ3) is 5.63. The van der Waals surface area contributed by atoms with Gasteiger partial charge in [-0.15, -0.1) is 11.3 Å². The van der Waals surface area contributed by atoms with Crippen molar-refractivity contribution in [1.82, 2.24) is 25.0 Å². The topological polar surface area (TPSA) is 92.2 Å². The van der Waals surface area contributed by atoms with Gasteiger partial charge in [-0.05, 0) is 58.8 Å². The first-order valence-electron chi connectivity index (χ1n) is 11.9. The van der Waals surface area contributed by atoms with Crippen molar-refractivity contribution in [3.05, 3.63) is 39.1 Å². The Labute approximate surface area is 199 Å². The number of likely N-dealkylation sites (tertiary alicyclic amines) is 1. The fraction of sp³-hybridized carbons (Fsp3) is 0.583. The lowest BCUT2D eigenvalue weighted by molar-refractivity contribution is 0.102. The molecule has 2 N–H and O–H groups in total. The number of anilines is 1. The number of urea groups is 1. The molecular weight excluding hydrogens is 436 g/mol. The van der Waals surface area contributed by atoms with Crippen LogP contribution < -0.4 is 10.6 Å². The first kappa shape index (κ1) is 23.5. The van der Waals surface area contributed by atoms with Gasteiger partial charge >= 0.3 is 6.03 Å². The Balaban J connectivity index is 1.25. The van der Waals surface area contributed by atoms with Crippen molar-refractivity contribution in [2.75, 3.05) is 25.0 Å². The molecular formula is C24H34N6O2S.